The molecule has 0 radical (unpaired) electrons. The monoisotopic (exact) mass is 300 g/mol. The Labute approximate surface area is 130 Å². The van der Waals surface area contributed by atoms with E-state index in [2.05, 4.69) is 5.32 Å². The molecule has 0 saturated heterocycles. The van der Waals surface area contributed by atoms with Crippen LogP contribution >= 0.6 is 0 Å². The van der Waals surface area contributed by atoms with E-state index in [0.717, 1.165) is 5.75 Å². The highest BCUT2D eigenvalue weighted by Gasteiger charge is 2.09. The van der Waals surface area contributed by atoms with E-state index in [4.69, 9.17) is 15.2 Å². The highest BCUT2D eigenvalue weighted by molar-refractivity contribution is 6.05. The number of anilines is 2. The molecule has 0 fully saturated rings. The molecule has 0 saturated carbocycles. The largest absolute Gasteiger partial charge is 0.497 e. The smallest absolute Gasteiger partial charge is 0.255 e. The SMILES string of the molecule is COc1ccc(NC(=O)c2ccc(OC(C)C)cc2)c(N)c1. The van der Waals surface area contributed by atoms with Crippen molar-refractivity contribution >= 4 is 17.3 Å². The fourth-order valence-corrected chi connectivity index (χ4v) is 1.93. The minimum absolute atomic E-state index is 0.0961. The van der Waals surface area contributed by atoms with Gasteiger partial charge in [-0.2, -0.15) is 0 Å². The predicted molar refractivity (Wildman–Crippen MR) is 87.6 cm³/mol. The third-order valence-corrected chi connectivity index (χ3v) is 3.00. The first kappa shape index (κ1) is 15.7. The minimum Gasteiger partial charge on any atom is -0.497 e. The first-order chi connectivity index (χ1) is 10.5. The molecule has 0 atom stereocenters. The van der Waals surface area contributed by atoms with E-state index in [1.807, 2.05) is 13.8 Å². The van der Waals surface area contributed by atoms with Crippen molar-refractivity contribution in [3.05, 3.63) is 48.0 Å². The van der Waals surface area contributed by atoms with Gasteiger partial charge < -0.3 is 20.5 Å². The lowest BCUT2D eigenvalue weighted by atomic mass is 10.2. The van der Waals surface area contributed by atoms with Crippen molar-refractivity contribution in [2.45, 2.75) is 20.0 Å². The second kappa shape index (κ2) is 6.85. The Morgan fingerprint density at radius 2 is 1.73 bits per heavy atom. The second-order valence-electron chi connectivity index (χ2n) is 5.10. The third kappa shape index (κ3) is 3.91. The van der Waals surface area contributed by atoms with Crippen LogP contribution in [-0.4, -0.2) is 19.1 Å². The van der Waals surface area contributed by atoms with Gasteiger partial charge in [0, 0.05) is 11.6 Å². The second-order valence-corrected chi connectivity index (χ2v) is 5.10. The van der Waals surface area contributed by atoms with Crippen molar-refractivity contribution in [3.63, 3.8) is 0 Å². The molecule has 2 aromatic rings. The van der Waals surface area contributed by atoms with Crippen molar-refractivity contribution in [3.8, 4) is 11.5 Å². The Hall–Kier alpha value is -2.69. The molecule has 0 heterocycles. The van der Waals surface area contributed by atoms with E-state index in [1.165, 1.54) is 0 Å². The quantitative estimate of drug-likeness (QED) is 0.831. The number of benzene rings is 2. The van der Waals surface area contributed by atoms with Gasteiger partial charge in [0.05, 0.1) is 24.6 Å². The number of methoxy groups -OCH3 is 1. The molecular weight excluding hydrogens is 280 g/mol. The van der Waals surface area contributed by atoms with Crippen LogP contribution < -0.4 is 20.5 Å². The molecule has 2 aromatic carbocycles. The van der Waals surface area contributed by atoms with Crippen molar-refractivity contribution in [2.75, 3.05) is 18.2 Å². The van der Waals surface area contributed by atoms with Gasteiger partial charge in [-0.3, -0.25) is 4.79 Å². The fourth-order valence-electron chi connectivity index (χ4n) is 1.93. The van der Waals surface area contributed by atoms with Gasteiger partial charge in [0.25, 0.3) is 5.91 Å². The van der Waals surface area contributed by atoms with E-state index in [0.29, 0.717) is 22.7 Å². The van der Waals surface area contributed by atoms with Crippen molar-refractivity contribution in [1.29, 1.82) is 0 Å². The maximum atomic E-state index is 12.2. The van der Waals surface area contributed by atoms with Gasteiger partial charge in [-0.05, 0) is 50.2 Å². The molecule has 0 bridgehead atoms. The molecule has 0 unspecified atom stereocenters. The lowest BCUT2D eigenvalue weighted by molar-refractivity contribution is 0.102. The van der Waals surface area contributed by atoms with Crippen molar-refractivity contribution < 1.29 is 14.3 Å². The van der Waals surface area contributed by atoms with E-state index < -0.39 is 0 Å². The molecule has 0 aliphatic carbocycles. The first-order valence-corrected chi connectivity index (χ1v) is 7.01. The summed E-state index contributed by atoms with van der Waals surface area (Å²) in [6, 6.07) is 12.1. The minimum atomic E-state index is -0.229. The molecule has 0 aromatic heterocycles. The summed E-state index contributed by atoms with van der Waals surface area (Å²) in [5, 5.41) is 2.78. The lowest BCUT2D eigenvalue weighted by Gasteiger charge is -2.11. The van der Waals surface area contributed by atoms with E-state index in [9.17, 15) is 4.79 Å². The van der Waals surface area contributed by atoms with Crippen LogP contribution in [0.5, 0.6) is 11.5 Å². The fraction of sp³-hybridized carbons (Fsp3) is 0.235. The number of nitrogens with one attached hydrogen (secondary N) is 1. The molecule has 0 aliphatic rings. The molecule has 5 heteroatoms. The summed E-state index contributed by atoms with van der Waals surface area (Å²) >= 11 is 0. The lowest BCUT2D eigenvalue weighted by Crippen LogP contribution is -2.13. The zero-order valence-corrected chi connectivity index (χ0v) is 12.9. The average Bonchev–Trinajstić information content (AvgIpc) is 2.49. The highest BCUT2D eigenvalue weighted by Crippen LogP contribution is 2.24. The van der Waals surface area contributed by atoms with Gasteiger partial charge in [-0.1, -0.05) is 0 Å². The Kier molecular flexibility index (Phi) is 4.88. The third-order valence-electron chi connectivity index (χ3n) is 3.00. The van der Waals surface area contributed by atoms with Crippen LogP contribution in [0.4, 0.5) is 11.4 Å². The molecule has 5 nitrogen and oxygen atoms in total. The number of amides is 1. The molecule has 3 N–H and O–H groups in total. The summed E-state index contributed by atoms with van der Waals surface area (Å²) in [6.45, 7) is 3.90. The van der Waals surface area contributed by atoms with Crippen LogP contribution in [-0.2, 0) is 0 Å². The summed E-state index contributed by atoms with van der Waals surface area (Å²) in [6.07, 6.45) is 0.0961. The van der Waals surface area contributed by atoms with Crippen LogP contribution in [0.25, 0.3) is 0 Å². The first-order valence-electron chi connectivity index (χ1n) is 7.01. The maximum absolute atomic E-state index is 12.2. The van der Waals surface area contributed by atoms with Gasteiger partial charge in [0.2, 0.25) is 0 Å². The normalized spacial score (nSPS) is 10.4. The van der Waals surface area contributed by atoms with Crippen molar-refractivity contribution in [1.82, 2.24) is 0 Å². The number of hydrogen-bond acceptors (Lipinski definition) is 4. The van der Waals surface area contributed by atoms with Crippen LogP contribution in [0.2, 0.25) is 0 Å². The van der Waals surface area contributed by atoms with Crippen LogP contribution in [0.15, 0.2) is 42.5 Å². The Balaban J connectivity index is 2.09. The number of carbonyl (C=O) groups is 1. The number of nitrogens with two attached hydrogens (primary N) is 1. The predicted octanol–water partition coefficient (Wildman–Crippen LogP) is 3.32. The van der Waals surface area contributed by atoms with E-state index in [1.54, 1.807) is 49.6 Å². The van der Waals surface area contributed by atoms with Crippen LogP contribution in [0.3, 0.4) is 0 Å². The van der Waals surface area contributed by atoms with Gasteiger partial charge in [-0.25, -0.2) is 0 Å². The summed E-state index contributed by atoms with van der Waals surface area (Å²) < 4.78 is 10.6. The Bertz CT molecular complexity index is 651. The van der Waals surface area contributed by atoms with E-state index in [-0.39, 0.29) is 12.0 Å². The topological polar surface area (TPSA) is 73.6 Å². The number of nitrogen functional groups attached to an aromatic ring is 1. The van der Waals surface area contributed by atoms with Gasteiger partial charge >= 0.3 is 0 Å². The van der Waals surface area contributed by atoms with Gasteiger partial charge in [-0.15, -0.1) is 0 Å². The Morgan fingerprint density at radius 1 is 1.09 bits per heavy atom. The molecule has 22 heavy (non-hydrogen) atoms. The molecule has 0 spiro atoms. The molecule has 2 rings (SSSR count). The zero-order chi connectivity index (χ0) is 16.1. The highest BCUT2D eigenvalue weighted by atomic mass is 16.5. The number of hydrogen-bond donors (Lipinski definition) is 2. The van der Waals surface area contributed by atoms with E-state index >= 15 is 0 Å². The summed E-state index contributed by atoms with van der Waals surface area (Å²) in [5.41, 5.74) is 7.42. The zero-order valence-electron chi connectivity index (χ0n) is 12.9. The molecule has 116 valence electrons. The number of carbonyl (C=O) groups excluding carboxylic acids is 1. The molecular formula is C17H20N2O3. The van der Waals surface area contributed by atoms with Gasteiger partial charge in [0.1, 0.15) is 11.5 Å². The summed E-state index contributed by atoms with van der Waals surface area (Å²) in [7, 11) is 1.56. The molecule has 0 aliphatic heterocycles. The van der Waals surface area contributed by atoms with Gasteiger partial charge in [0.15, 0.2) is 0 Å². The average molecular weight is 300 g/mol. The summed E-state index contributed by atoms with van der Waals surface area (Å²) in [5.74, 6) is 1.15. The maximum Gasteiger partial charge on any atom is 0.255 e. The number of ether oxygens (including phenoxy) is 2. The standard InChI is InChI=1S/C17H20N2O3/c1-11(2)22-13-6-4-12(5-7-13)17(20)19-16-9-8-14(21-3)10-15(16)18/h4-11H,18H2,1-3H3,(H,19,20). The van der Waals surface area contributed by atoms with Crippen molar-refractivity contribution in [2.24, 2.45) is 0 Å². The number of rotatable bonds is 5. The molecule has 1 amide bonds. The Morgan fingerprint density at radius 3 is 2.27 bits per heavy atom. The van der Waals surface area contributed by atoms with Crippen LogP contribution in [0, 0.1) is 0 Å². The summed E-state index contributed by atoms with van der Waals surface area (Å²) in [4.78, 5) is 12.2. The van der Waals surface area contributed by atoms with Crippen LogP contribution in [0.1, 0.15) is 24.2 Å².